The number of nitro groups is 1. The fraction of sp³-hybridized carbons (Fsp3) is 0. The zero-order valence-corrected chi connectivity index (χ0v) is 11.8. The molecule has 2 aromatic rings. The van der Waals surface area contributed by atoms with Gasteiger partial charge in [0.2, 0.25) is 0 Å². The first kappa shape index (κ1) is 15.1. The van der Waals surface area contributed by atoms with E-state index in [4.69, 9.17) is 33.0 Å². The highest BCUT2D eigenvalue weighted by Crippen LogP contribution is 2.35. The van der Waals surface area contributed by atoms with E-state index in [2.05, 4.69) is 0 Å². The number of carboxylic acid groups (broad SMARTS) is 1. The molecule has 8 heteroatoms. The minimum Gasteiger partial charge on any atom is -0.477 e. The van der Waals surface area contributed by atoms with E-state index in [1.54, 1.807) is 24.3 Å². The normalized spacial score (nSPS) is 10.2. The Kier molecular flexibility index (Phi) is 4.30. The van der Waals surface area contributed by atoms with Gasteiger partial charge in [0.1, 0.15) is 17.1 Å². The molecule has 0 saturated carbocycles. The summed E-state index contributed by atoms with van der Waals surface area (Å²) < 4.78 is 5.41. The average molecular weight is 328 g/mol. The summed E-state index contributed by atoms with van der Waals surface area (Å²) in [6.07, 6.45) is 0. The Morgan fingerprint density at radius 2 is 1.81 bits per heavy atom. The van der Waals surface area contributed by atoms with Crippen LogP contribution in [0.1, 0.15) is 10.4 Å². The Bertz CT molecular complexity index is 715. The number of carbonyl (C=O) groups is 1. The van der Waals surface area contributed by atoms with Crippen molar-refractivity contribution in [2.24, 2.45) is 0 Å². The van der Waals surface area contributed by atoms with Gasteiger partial charge in [-0.25, -0.2) is 4.79 Å². The van der Waals surface area contributed by atoms with Gasteiger partial charge in [0.15, 0.2) is 0 Å². The second kappa shape index (κ2) is 5.99. The number of benzene rings is 2. The predicted octanol–water partition coefficient (Wildman–Crippen LogP) is 4.39. The number of ether oxygens (including phenoxy) is 1. The number of nitrogens with zero attached hydrogens (tertiary/aromatic N) is 1. The summed E-state index contributed by atoms with van der Waals surface area (Å²) in [5.74, 6) is -1.08. The van der Waals surface area contributed by atoms with Crippen molar-refractivity contribution in [3.05, 3.63) is 62.1 Å². The molecule has 2 rings (SSSR count). The van der Waals surface area contributed by atoms with Gasteiger partial charge in [0, 0.05) is 17.2 Å². The molecule has 0 bridgehead atoms. The Hall–Kier alpha value is -2.31. The molecule has 0 unspecified atom stereocenters. The van der Waals surface area contributed by atoms with E-state index in [1.807, 2.05) is 0 Å². The number of rotatable bonds is 4. The van der Waals surface area contributed by atoms with E-state index in [0.29, 0.717) is 10.8 Å². The molecule has 0 radical (unpaired) electrons. The van der Waals surface area contributed by atoms with Crippen LogP contribution in [0.2, 0.25) is 10.0 Å². The van der Waals surface area contributed by atoms with Crippen LogP contribution in [0.3, 0.4) is 0 Å². The first-order valence-corrected chi connectivity index (χ1v) is 6.28. The number of carboxylic acids is 1. The molecular weight excluding hydrogens is 321 g/mol. The molecule has 6 nitrogen and oxygen atoms in total. The van der Waals surface area contributed by atoms with Crippen LogP contribution in [0.15, 0.2) is 36.4 Å². The van der Waals surface area contributed by atoms with E-state index in [1.165, 1.54) is 0 Å². The maximum Gasteiger partial charge on any atom is 0.342 e. The molecule has 108 valence electrons. The quantitative estimate of drug-likeness (QED) is 0.664. The van der Waals surface area contributed by atoms with Crippen molar-refractivity contribution in [3.63, 3.8) is 0 Å². The molecule has 0 saturated heterocycles. The summed E-state index contributed by atoms with van der Waals surface area (Å²) in [7, 11) is 0. The van der Waals surface area contributed by atoms with Crippen molar-refractivity contribution in [2.75, 3.05) is 0 Å². The van der Waals surface area contributed by atoms with Crippen molar-refractivity contribution in [2.45, 2.75) is 0 Å². The minimum absolute atomic E-state index is 0.00184. The molecular formula is C13H7Cl2NO5. The van der Waals surface area contributed by atoms with Gasteiger partial charge < -0.3 is 9.84 Å². The van der Waals surface area contributed by atoms with Crippen molar-refractivity contribution in [1.82, 2.24) is 0 Å². The second-order valence-electron chi connectivity index (χ2n) is 3.92. The van der Waals surface area contributed by atoms with E-state index in [9.17, 15) is 14.9 Å². The highest BCUT2D eigenvalue weighted by atomic mass is 35.5. The van der Waals surface area contributed by atoms with Crippen LogP contribution in [-0.2, 0) is 0 Å². The van der Waals surface area contributed by atoms with Crippen molar-refractivity contribution in [3.8, 4) is 11.5 Å². The largest absolute Gasteiger partial charge is 0.477 e. The van der Waals surface area contributed by atoms with Crippen molar-refractivity contribution >= 4 is 34.9 Å². The van der Waals surface area contributed by atoms with Gasteiger partial charge in [-0.05, 0) is 24.3 Å². The maximum atomic E-state index is 11.1. The molecule has 0 aliphatic heterocycles. The third-order valence-corrected chi connectivity index (χ3v) is 3.07. The molecule has 1 N–H and O–H groups in total. The lowest BCUT2D eigenvalue weighted by molar-refractivity contribution is -0.385. The zero-order valence-electron chi connectivity index (χ0n) is 10.2. The third kappa shape index (κ3) is 3.42. The summed E-state index contributed by atoms with van der Waals surface area (Å²) in [5.41, 5.74) is -1.11. The monoisotopic (exact) mass is 327 g/mol. The summed E-state index contributed by atoms with van der Waals surface area (Å²) in [6.45, 7) is 0. The standard InChI is InChI=1S/C13H7Cl2NO5/c14-7-1-3-8(4-2-7)21-12-5-9(13(17)18)11(16(19)20)6-10(12)15/h1-6H,(H,17,18). The van der Waals surface area contributed by atoms with Crippen LogP contribution < -0.4 is 4.74 Å². The second-order valence-corrected chi connectivity index (χ2v) is 4.76. The SMILES string of the molecule is O=C(O)c1cc(Oc2ccc(Cl)cc2)c(Cl)cc1[N+](=O)[O-]. The fourth-order valence-electron chi connectivity index (χ4n) is 1.57. The lowest BCUT2D eigenvalue weighted by atomic mass is 10.1. The van der Waals surface area contributed by atoms with E-state index < -0.39 is 22.1 Å². The van der Waals surface area contributed by atoms with Crippen LogP contribution in [0.4, 0.5) is 5.69 Å². The van der Waals surface area contributed by atoms with Crippen LogP contribution in [0.25, 0.3) is 0 Å². The number of hydrogen-bond acceptors (Lipinski definition) is 4. The Balaban J connectivity index is 2.44. The minimum atomic E-state index is -1.45. The fourth-order valence-corrected chi connectivity index (χ4v) is 1.90. The van der Waals surface area contributed by atoms with E-state index >= 15 is 0 Å². The number of halogens is 2. The Morgan fingerprint density at radius 1 is 1.19 bits per heavy atom. The molecule has 0 aliphatic carbocycles. The van der Waals surface area contributed by atoms with E-state index in [-0.39, 0.29) is 10.8 Å². The average Bonchev–Trinajstić information content (AvgIpc) is 2.42. The van der Waals surface area contributed by atoms with E-state index in [0.717, 1.165) is 12.1 Å². The van der Waals surface area contributed by atoms with Gasteiger partial charge in [-0.2, -0.15) is 0 Å². The van der Waals surface area contributed by atoms with Crippen LogP contribution in [-0.4, -0.2) is 16.0 Å². The number of hydrogen-bond donors (Lipinski definition) is 1. The first-order chi connectivity index (χ1) is 9.88. The van der Waals surface area contributed by atoms with Gasteiger partial charge in [0.05, 0.1) is 9.95 Å². The molecule has 0 fully saturated rings. The van der Waals surface area contributed by atoms with Gasteiger partial charge in [0.25, 0.3) is 5.69 Å². The highest BCUT2D eigenvalue weighted by molar-refractivity contribution is 6.32. The number of aromatic carboxylic acids is 1. The maximum absolute atomic E-state index is 11.1. The molecule has 0 amide bonds. The van der Waals surface area contributed by atoms with Crippen LogP contribution in [0.5, 0.6) is 11.5 Å². The first-order valence-electron chi connectivity index (χ1n) is 5.53. The zero-order chi connectivity index (χ0) is 15.6. The van der Waals surface area contributed by atoms with Crippen molar-refractivity contribution < 1.29 is 19.6 Å². The van der Waals surface area contributed by atoms with Gasteiger partial charge in [-0.15, -0.1) is 0 Å². The Labute approximate surface area is 128 Å². The highest BCUT2D eigenvalue weighted by Gasteiger charge is 2.23. The molecule has 21 heavy (non-hydrogen) atoms. The summed E-state index contributed by atoms with van der Waals surface area (Å²) in [4.78, 5) is 21.1. The van der Waals surface area contributed by atoms with Crippen LogP contribution >= 0.6 is 23.2 Å². The van der Waals surface area contributed by atoms with Gasteiger partial charge >= 0.3 is 5.97 Å². The summed E-state index contributed by atoms with van der Waals surface area (Å²) in [6, 6.07) is 8.22. The lowest BCUT2D eigenvalue weighted by Gasteiger charge is -2.09. The predicted molar refractivity (Wildman–Crippen MR) is 76.6 cm³/mol. The molecule has 0 atom stereocenters. The third-order valence-electron chi connectivity index (χ3n) is 2.52. The van der Waals surface area contributed by atoms with Crippen molar-refractivity contribution in [1.29, 1.82) is 0 Å². The van der Waals surface area contributed by atoms with Crippen LogP contribution in [0, 0.1) is 10.1 Å². The topological polar surface area (TPSA) is 89.7 Å². The smallest absolute Gasteiger partial charge is 0.342 e. The molecule has 0 aromatic heterocycles. The molecule has 0 heterocycles. The summed E-state index contributed by atoms with van der Waals surface area (Å²) >= 11 is 11.6. The summed E-state index contributed by atoms with van der Waals surface area (Å²) in [5, 5.41) is 20.3. The van der Waals surface area contributed by atoms with Gasteiger partial charge in [-0.3, -0.25) is 10.1 Å². The number of nitro benzene ring substituents is 1. The molecule has 2 aromatic carbocycles. The molecule has 0 spiro atoms. The van der Waals surface area contributed by atoms with Gasteiger partial charge in [-0.1, -0.05) is 23.2 Å². The Morgan fingerprint density at radius 3 is 2.33 bits per heavy atom. The molecule has 0 aliphatic rings. The lowest BCUT2D eigenvalue weighted by Crippen LogP contribution is -2.03.